The second kappa shape index (κ2) is 6.66. The predicted molar refractivity (Wildman–Crippen MR) is 81.4 cm³/mol. The smallest absolute Gasteiger partial charge is 0.146 e. The Morgan fingerprint density at radius 1 is 1.10 bits per heavy atom. The normalized spacial score (nSPS) is 12.6. The fourth-order valence-corrected chi connectivity index (χ4v) is 2.37. The molecule has 2 rings (SSSR count). The van der Waals surface area contributed by atoms with Crippen LogP contribution in [-0.4, -0.2) is 14.8 Å². The summed E-state index contributed by atoms with van der Waals surface area (Å²) in [5, 5.41) is 12.0. The van der Waals surface area contributed by atoms with Crippen molar-refractivity contribution in [3.63, 3.8) is 0 Å². The summed E-state index contributed by atoms with van der Waals surface area (Å²) >= 11 is 0. The molecule has 20 heavy (non-hydrogen) atoms. The van der Waals surface area contributed by atoms with Gasteiger partial charge in [0.1, 0.15) is 11.6 Å². The highest BCUT2D eigenvalue weighted by atomic mass is 15.3. The van der Waals surface area contributed by atoms with Gasteiger partial charge in [0.05, 0.1) is 6.54 Å². The summed E-state index contributed by atoms with van der Waals surface area (Å²) in [6.45, 7) is 7.16. The van der Waals surface area contributed by atoms with Crippen molar-refractivity contribution >= 4 is 0 Å². The molecular weight excluding hydrogens is 248 g/mol. The lowest BCUT2D eigenvalue weighted by molar-refractivity contribution is 0.500. The van der Waals surface area contributed by atoms with E-state index in [0.717, 1.165) is 31.0 Å². The topological polar surface area (TPSA) is 42.7 Å². The van der Waals surface area contributed by atoms with Gasteiger partial charge in [-0.05, 0) is 18.9 Å². The van der Waals surface area contributed by atoms with E-state index in [4.69, 9.17) is 0 Å². The lowest BCUT2D eigenvalue weighted by atomic mass is 10.0. The fourth-order valence-electron chi connectivity index (χ4n) is 2.37. The summed E-state index contributed by atoms with van der Waals surface area (Å²) in [6.07, 6.45) is 1.97. The number of nitrogens with zero attached hydrogens (tertiary/aromatic N) is 3. The molecule has 0 fully saturated rings. The molecule has 108 valence electrons. The van der Waals surface area contributed by atoms with Crippen LogP contribution in [0.25, 0.3) is 0 Å². The van der Waals surface area contributed by atoms with Crippen molar-refractivity contribution in [2.75, 3.05) is 0 Å². The number of aryl methyl sites for hydroxylation is 2. The van der Waals surface area contributed by atoms with Gasteiger partial charge in [0.2, 0.25) is 0 Å². The van der Waals surface area contributed by atoms with Crippen LogP contribution in [0, 0.1) is 6.92 Å². The molecule has 1 aromatic heterocycles. The van der Waals surface area contributed by atoms with E-state index in [1.54, 1.807) is 0 Å². The molecule has 4 nitrogen and oxygen atoms in total. The molecule has 0 bridgehead atoms. The summed E-state index contributed by atoms with van der Waals surface area (Å²) in [4.78, 5) is 0. The van der Waals surface area contributed by atoms with Gasteiger partial charge in [-0.2, -0.15) is 0 Å². The summed E-state index contributed by atoms with van der Waals surface area (Å²) in [7, 11) is 2.03. The monoisotopic (exact) mass is 272 g/mol. The highest BCUT2D eigenvalue weighted by Crippen LogP contribution is 2.17. The molecule has 0 spiro atoms. The minimum Gasteiger partial charge on any atom is -0.317 e. The first-order valence-electron chi connectivity index (χ1n) is 7.32. The molecule has 1 N–H and O–H groups in total. The average Bonchev–Trinajstić information content (AvgIpc) is 2.82. The molecule has 1 atom stereocenters. The Morgan fingerprint density at radius 3 is 2.30 bits per heavy atom. The maximum atomic E-state index is 4.25. The molecule has 1 aromatic carbocycles. The van der Waals surface area contributed by atoms with Gasteiger partial charge in [-0.3, -0.25) is 0 Å². The van der Waals surface area contributed by atoms with Crippen LogP contribution in [0.4, 0.5) is 0 Å². The Kier molecular flexibility index (Phi) is 4.90. The van der Waals surface area contributed by atoms with E-state index in [1.807, 2.05) is 7.05 Å². The van der Waals surface area contributed by atoms with Gasteiger partial charge in [0.15, 0.2) is 0 Å². The van der Waals surface area contributed by atoms with E-state index >= 15 is 0 Å². The Morgan fingerprint density at radius 2 is 1.75 bits per heavy atom. The number of nitrogens with one attached hydrogen (secondary N) is 1. The molecule has 0 aliphatic rings. The summed E-state index contributed by atoms with van der Waals surface area (Å²) in [5.74, 6) is 2.03. The van der Waals surface area contributed by atoms with Crippen molar-refractivity contribution < 1.29 is 0 Å². The Bertz CT molecular complexity index is 542. The molecule has 0 radical (unpaired) electrons. The van der Waals surface area contributed by atoms with Gasteiger partial charge < -0.3 is 9.88 Å². The highest BCUT2D eigenvalue weighted by molar-refractivity contribution is 5.24. The third-order valence-corrected chi connectivity index (χ3v) is 3.77. The SMILES string of the molecule is CCc1nnc(CN[C@H](CC)c2ccc(C)cc2)n1C. The first-order chi connectivity index (χ1) is 9.65. The van der Waals surface area contributed by atoms with Crippen LogP contribution in [0.1, 0.15) is 49.1 Å². The van der Waals surface area contributed by atoms with Gasteiger partial charge in [-0.25, -0.2) is 0 Å². The largest absolute Gasteiger partial charge is 0.317 e. The standard InChI is InChI=1S/C16H24N4/c1-5-14(13-9-7-12(3)8-10-13)17-11-16-19-18-15(6-2)20(16)4/h7-10,14,17H,5-6,11H2,1-4H3/t14-/m1/s1. The van der Waals surface area contributed by atoms with Crippen LogP contribution in [-0.2, 0) is 20.0 Å². The Hall–Kier alpha value is -1.68. The van der Waals surface area contributed by atoms with E-state index < -0.39 is 0 Å². The molecule has 1 heterocycles. The molecule has 0 unspecified atom stereocenters. The quantitative estimate of drug-likeness (QED) is 0.879. The number of aromatic nitrogens is 3. The van der Waals surface area contributed by atoms with Crippen molar-refractivity contribution in [1.82, 2.24) is 20.1 Å². The fraction of sp³-hybridized carbons (Fsp3) is 0.500. The minimum atomic E-state index is 0.359. The second-order valence-corrected chi connectivity index (χ2v) is 5.20. The molecule has 0 amide bonds. The van der Waals surface area contributed by atoms with Crippen molar-refractivity contribution in [2.24, 2.45) is 7.05 Å². The molecule has 4 heteroatoms. The van der Waals surface area contributed by atoms with E-state index in [0.29, 0.717) is 6.04 Å². The first-order valence-corrected chi connectivity index (χ1v) is 7.32. The maximum absolute atomic E-state index is 4.25. The van der Waals surface area contributed by atoms with Crippen LogP contribution >= 0.6 is 0 Å². The summed E-state index contributed by atoms with van der Waals surface area (Å²) in [5.41, 5.74) is 2.63. The van der Waals surface area contributed by atoms with Crippen LogP contribution < -0.4 is 5.32 Å². The third kappa shape index (κ3) is 3.25. The van der Waals surface area contributed by atoms with Crippen LogP contribution in [0.5, 0.6) is 0 Å². The van der Waals surface area contributed by atoms with Gasteiger partial charge in [-0.1, -0.05) is 43.7 Å². The van der Waals surface area contributed by atoms with E-state index in [2.05, 4.69) is 65.1 Å². The van der Waals surface area contributed by atoms with Crippen LogP contribution in [0.3, 0.4) is 0 Å². The predicted octanol–water partition coefficient (Wildman–Crippen LogP) is 2.93. The zero-order chi connectivity index (χ0) is 14.5. The second-order valence-electron chi connectivity index (χ2n) is 5.20. The molecular formula is C16H24N4. The van der Waals surface area contributed by atoms with E-state index in [-0.39, 0.29) is 0 Å². The molecule has 0 saturated heterocycles. The Balaban J connectivity index is 2.03. The third-order valence-electron chi connectivity index (χ3n) is 3.77. The van der Waals surface area contributed by atoms with Crippen LogP contribution in [0.15, 0.2) is 24.3 Å². The number of hydrogen-bond donors (Lipinski definition) is 1. The lowest BCUT2D eigenvalue weighted by Gasteiger charge is -2.17. The zero-order valence-electron chi connectivity index (χ0n) is 12.8. The van der Waals surface area contributed by atoms with Crippen molar-refractivity contribution in [3.05, 3.63) is 47.0 Å². The number of hydrogen-bond acceptors (Lipinski definition) is 3. The lowest BCUT2D eigenvalue weighted by Crippen LogP contribution is -2.22. The molecule has 0 aliphatic heterocycles. The van der Waals surface area contributed by atoms with Gasteiger partial charge >= 0.3 is 0 Å². The summed E-state index contributed by atoms with van der Waals surface area (Å²) < 4.78 is 2.08. The van der Waals surface area contributed by atoms with Crippen molar-refractivity contribution in [3.8, 4) is 0 Å². The van der Waals surface area contributed by atoms with Crippen molar-refractivity contribution in [2.45, 2.75) is 46.2 Å². The maximum Gasteiger partial charge on any atom is 0.146 e. The molecule has 0 aliphatic carbocycles. The van der Waals surface area contributed by atoms with Crippen molar-refractivity contribution in [1.29, 1.82) is 0 Å². The average molecular weight is 272 g/mol. The highest BCUT2D eigenvalue weighted by Gasteiger charge is 2.11. The van der Waals surface area contributed by atoms with E-state index in [9.17, 15) is 0 Å². The Labute approximate surface area is 121 Å². The molecule has 2 aromatic rings. The van der Waals surface area contributed by atoms with E-state index in [1.165, 1.54) is 11.1 Å². The van der Waals surface area contributed by atoms with Gasteiger partial charge in [-0.15, -0.1) is 10.2 Å². The van der Waals surface area contributed by atoms with Gasteiger partial charge in [0.25, 0.3) is 0 Å². The zero-order valence-corrected chi connectivity index (χ0v) is 12.8. The minimum absolute atomic E-state index is 0.359. The number of benzene rings is 1. The summed E-state index contributed by atoms with van der Waals surface area (Å²) in [6, 6.07) is 9.08. The van der Waals surface area contributed by atoms with Gasteiger partial charge in [0, 0.05) is 19.5 Å². The molecule has 0 saturated carbocycles. The number of rotatable bonds is 6. The first kappa shape index (κ1) is 14.7. The van der Waals surface area contributed by atoms with Crippen LogP contribution in [0.2, 0.25) is 0 Å².